The molecule has 3 rings (SSSR count). The van der Waals surface area contributed by atoms with Crippen molar-refractivity contribution in [1.29, 1.82) is 0 Å². The van der Waals surface area contributed by atoms with Gasteiger partial charge >= 0.3 is 6.03 Å². The third kappa shape index (κ3) is 4.40. The van der Waals surface area contributed by atoms with E-state index in [-0.39, 0.29) is 18.1 Å². The van der Waals surface area contributed by atoms with E-state index in [0.29, 0.717) is 24.4 Å². The van der Waals surface area contributed by atoms with Crippen molar-refractivity contribution >= 4 is 23.5 Å². The molecule has 0 bridgehead atoms. The van der Waals surface area contributed by atoms with Gasteiger partial charge in [0.1, 0.15) is 17.5 Å². The van der Waals surface area contributed by atoms with Gasteiger partial charge in [-0.05, 0) is 48.4 Å². The number of phenolic OH excluding ortho intramolecular Hbond substituents is 1. The Balaban J connectivity index is 1.52. The van der Waals surface area contributed by atoms with Gasteiger partial charge in [0.05, 0.1) is 19.2 Å². The molecule has 2 aromatic carbocycles. The maximum atomic E-state index is 12.5. The van der Waals surface area contributed by atoms with Crippen LogP contribution in [0.2, 0.25) is 0 Å². The molecule has 0 spiro atoms. The minimum atomic E-state index is -0.900. The van der Waals surface area contributed by atoms with Crippen molar-refractivity contribution in [2.75, 3.05) is 18.6 Å². The van der Waals surface area contributed by atoms with Crippen molar-refractivity contribution < 1.29 is 24.2 Å². The van der Waals surface area contributed by atoms with E-state index < -0.39 is 18.0 Å². The number of amides is 4. The molecule has 1 atom stereocenters. The summed E-state index contributed by atoms with van der Waals surface area (Å²) in [4.78, 5) is 37.9. The van der Waals surface area contributed by atoms with E-state index in [1.807, 2.05) is 0 Å². The molecule has 0 aromatic heterocycles. The number of anilines is 1. The summed E-state index contributed by atoms with van der Waals surface area (Å²) in [5, 5.41) is 14.5. The summed E-state index contributed by atoms with van der Waals surface area (Å²) in [5.74, 6) is 0.00269. The second-order valence-electron chi connectivity index (χ2n) is 6.34. The Labute approximate surface area is 162 Å². The monoisotopic (exact) mass is 383 g/mol. The lowest BCUT2D eigenvalue weighted by Gasteiger charge is -2.13. The Morgan fingerprint density at radius 1 is 1.14 bits per heavy atom. The quantitative estimate of drug-likeness (QED) is 0.629. The molecule has 1 heterocycles. The van der Waals surface area contributed by atoms with Crippen molar-refractivity contribution in [3.8, 4) is 11.5 Å². The van der Waals surface area contributed by atoms with Gasteiger partial charge in [0.2, 0.25) is 5.91 Å². The molecular weight excluding hydrogens is 362 g/mol. The molecule has 0 radical (unpaired) electrons. The number of carbonyl (C=O) groups is 3. The van der Waals surface area contributed by atoms with Gasteiger partial charge in [0, 0.05) is 6.54 Å². The third-order valence-corrected chi connectivity index (χ3v) is 4.41. The first-order valence-electron chi connectivity index (χ1n) is 8.81. The van der Waals surface area contributed by atoms with Crippen LogP contribution in [0.4, 0.5) is 10.5 Å². The summed E-state index contributed by atoms with van der Waals surface area (Å²) >= 11 is 0. The van der Waals surface area contributed by atoms with Gasteiger partial charge in [0.25, 0.3) is 5.91 Å². The number of nitrogens with one attached hydrogen (secondary N) is 2. The Morgan fingerprint density at radius 2 is 1.82 bits per heavy atom. The predicted octanol–water partition coefficient (Wildman–Crippen LogP) is 1.57. The van der Waals surface area contributed by atoms with Gasteiger partial charge in [-0.1, -0.05) is 12.1 Å². The normalized spacial score (nSPS) is 16.0. The minimum Gasteiger partial charge on any atom is -0.508 e. The fourth-order valence-electron chi connectivity index (χ4n) is 2.91. The summed E-state index contributed by atoms with van der Waals surface area (Å²) in [6, 6.07) is 11.8. The van der Waals surface area contributed by atoms with Crippen LogP contribution in [-0.4, -0.2) is 42.6 Å². The molecule has 28 heavy (non-hydrogen) atoms. The lowest BCUT2D eigenvalue weighted by atomic mass is 10.1. The van der Waals surface area contributed by atoms with Crippen molar-refractivity contribution in [3.05, 3.63) is 54.1 Å². The number of ether oxygens (including phenoxy) is 1. The number of hydrogen-bond acceptors (Lipinski definition) is 5. The number of aromatic hydroxyl groups is 1. The molecule has 8 heteroatoms. The fraction of sp³-hybridized carbons (Fsp3) is 0.250. The van der Waals surface area contributed by atoms with Gasteiger partial charge in [-0.2, -0.15) is 0 Å². The number of nitrogens with zero attached hydrogens (tertiary/aromatic N) is 1. The van der Waals surface area contributed by atoms with Gasteiger partial charge in [-0.3, -0.25) is 9.59 Å². The fourth-order valence-corrected chi connectivity index (χ4v) is 2.91. The smallest absolute Gasteiger partial charge is 0.329 e. The van der Waals surface area contributed by atoms with Gasteiger partial charge in [-0.15, -0.1) is 0 Å². The van der Waals surface area contributed by atoms with E-state index in [1.165, 1.54) is 7.11 Å². The van der Waals surface area contributed by atoms with E-state index in [4.69, 9.17) is 4.74 Å². The van der Waals surface area contributed by atoms with Gasteiger partial charge in [-0.25, -0.2) is 9.69 Å². The molecule has 4 amide bonds. The van der Waals surface area contributed by atoms with Crippen LogP contribution in [0.1, 0.15) is 12.0 Å². The Hall–Kier alpha value is -3.55. The molecule has 0 unspecified atom stereocenters. The molecule has 0 aliphatic carbocycles. The summed E-state index contributed by atoms with van der Waals surface area (Å²) in [6.45, 7) is 0.390. The minimum absolute atomic E-state index is 0.132. The van der Waals surface area contributed by atoms with E-state index in [2.05, 4.69) is 10.6 Å². The molecule has 3 N–H and O–H groups in total. The van der Waals surface area contributed by atoms with Gasteiger partial charge in [0.15, 0.2) is 0 Å². The van der Waals surface area contributed by atoms with Crippen LogP contribution in [0.3, 0.4) is 0 Å². The molecule has 1 aliphatic rings. The van der Waals surface area contributed by atoms with Crippen LogP contribution < -0.4 is 20.3 Å². The second-order valence-corrected chi connectivity index (χ2v) is 6.34. The van der Waals surface area contributed by atoms with Crippen LogP contribution >= 0.6 is 0 Å². The standard InChI is InChI=1S/C20H21N3O5/c1-28-16-8-4-14(5-9-16)23-19(26)17(22-20(23)27)12-18(25)21-11-10-13-2-6-15(24)7-3-13/h2-9,17,24H,10-12H2,1H3,(H,21,25)(H,22,27)/t17-/m1/s1. The Morgan fingerprint density at radius 3 is 2.46 bits per heavy atom. The number of rotatable bonds is 7. The summed E-state index contributed by atoms with van der Waals surface area (Å²) < 4.78 is 5.07. The molecule has 1 aliphatic heterocycles. The van der Waals surface area contributed by atoms with E-state index >= 15 is 0 Å². The summed E-state index contributed by atoms with van der Waals surface area (Å²) in [5.41, 5.74) is 1.38. The summed E-state index contributed by atoms with van der Waals surface area (Å²) in [6.07, 6.45) is 0.460. The number of methoxy groups -OCH3 is 1. The summed E-state index contributed by atoms with van der Waals surface area (Å²) in [7, 11) is 1.53. The lowest BCUT2D eigenvalue weighted by molar-refractivity contribution is -0.125. The average molecular weight is 383 g/mol. The van der Waals surface area contributed by atoms with E-state index in [1.54, 1.807) is 48.5 Å². The van der Waals surface area contributed by atoms with Crippen molar-refractivity contribution in [2.45, 2.75) is 18.9 Å². The number of imide groups is 1. The largest absolute Gasteiger partial charge is 0.508 e. The first kappa shape index (κ1) is 19.2. The zero-order valence-electron chi connectivity index (χ0n) is 15.3. The molecular formula is C20H21N3O5. The van der Waals surface area contributed by atoms with Crippen LogP contribution in [-0.2, 0) is 16.0 Å². The third-order valence-electron chi connectivity index (χ3n) is 4.41. The maximum absolute atomic E-state index is 12.5. The van der Waals surface area contributed by atoms with Crippen molar-refractivity contribution in [2.24, 2.45) is 0 Å². The first-order valence-corrected chi connectivity index (χ1v) is 8.81. The van der Waals surface area contributed by atoms with Crippen LogP contribution in [0.5, 0.6) is 11.5 Å². The average Bonchev–Trinajstić information content (AvgIpc) is 2.96. The number of phenols is 1. The number of hydrogen-bond donors (Lipinski definition) is 3. The highest BCUT2D eigenvalue weighted by atomic mass is 16.5. The second kappa shape index (κ2) is 8.43. The maximum Gasteiger partial charge on any atom is 0.329 e. The van der Waals surface area contributed by atoms with Crippen LogP contribution in [0, 0.1) is 0 Å². The molecule has 2 aromatic rings. The highest BCUT2D eigenvalue weighted by Crippen LogP contribution is 2.23. The van der Waals surface area contributed by atoms with Crippen molar-refractivity contribution in [3.63, 3.8) is 0 Å². The molecule has 8 nitrogen and oxygen atoms in total. The highest BCUT2D eigenvalue weighted by Gasteiger charge is 2.39. The van der Waals surface area contributed by atoms with Gasteiger partial charge < -0.3 is 20.5 Å². The van der Waals surface area contributed by atoms with E-state index in [9.17, 15) is 19.5 Å². The number of carbonyl (C=O) groups excluding carboxylic acids is 3. The highest BCUT2D eigenvalue weighted by molar-refractivity contribution is 6.22. The zero-order chi connectivity index (χ0) is 20.1. The number of benzene rings is 2. The Kier molecular flexibility index (Phi) is 5.78. The molecule has 0 saturated carbocycles. The first-order chi connectivity index (χ1) is 13.5. The molecule has 146 valence electrons. The van der Waals surface area contributed by atoms with E-state index in [0.717, 1.165) is 10.5 Å². The number of urea groups is 1. The SMILES string of the molecule is COc1ccc(N2C(=O)N[C@H](CC(=O)NCCc3ccc(O)cc3)C2=O)cc1. The zero-order valence-corrected chi connectivity index (χ0v) is 15.3. The topological polar surface area (TPSA) is 108 Å². The predicted molar refractivity (Wildman–Crippen MR) is 102 cm³/mol. The van der Waals surface area contributed by atoms with Crippen molar-refractivity contribution in [1.82, 2.24) is 10.6 Å². The van der Waals surface area contributed by atoms with Crippen LogP contribution in [0.15, 0.2) is 48.5 Å². The molecule has 1 saturated heterocycles. The molecule has 1 fully saturated rings. The van der Waals surface area contributed by atoms with Crippen LogP contribution in [0.25, 0.3) is 0 Å². The Bertz CT molecular complexity index is 864. The lowest BCUT2D eigenvalue weighted by Crippen LogP contribution is -2.37.